The van der Waals surface area contributed by atoms with Crippen LogP contribution in [0.2, 0.25) is 5.15 Å². The van der Waals surface area contributed by atoms with Crippen LogP contribution < -0.4 is 5.32 Å². The predicted octanol–water partition coefficient (Wildman–Crippen LogP) is 3.35. The molecule has 0 spiro atoms. The zero-order valence-electron chi connectivity index (χ0n) is 9.30. The third-order valence-electron chi connectivity index (χ3n) is 2.56. The average Bonchev–Trinajstić information content (AvgIpc) is 2.92. The maximum absolute atomic E-state index is 6.02. The van der Waals surface area contributed by atoms with Gasteiger partial charge in [-0.05, 0) is 0 Å². The monoisotopic (exact) mass is 276 g/mol. The summed E-state index contributed by atoms with van der Waals surface area (Å²) in [6.07, 6.45) is 1.84. The number of fused-ring (bicyclic) bond motifs is 1. The van der Waals surface area contributed by atoms with Crippen molar-refractivity contribution in [3.63, 3.8) is 0 Å². The summed E-state index contributed by atoms with van der Waals surface area (Å²) in [6, 6.07) is 7.80. The molecular formula is C12H9ClN4S. The lowest BCUT2D eigenvalue weighted by molar-refractivity contribution is 1.02. The first-order valence-electron chi connectivity index (χ1n) is 5.37. The van der Waals surface area contributed by atoms with Crippen molar-refractivity contribution in [3.05, 3.63) is 46.0 Å². The van der Waals surface area contributed by atoms with Crippen LogP contribution in [0, 0.1) is 0 Å². The summed E-state index contributed by atoms with van der Waals surface area (Å²) in [5, 5.41) is 13.6. The SMILES string of the molecule is Clc1nnc(NCc2cncs2)c2ccccc12. The number of thiazole rings is 1. The largest absolute Gasteiger partial charge is 0.363 e. The van der Waals surface area contributed by atoms with E-state index in [1.165, 1.54) is 0 Å². The molecule has 6 heteroatoms. The molecule has 4 nitrogen and oxygen atoms in total. The summed E-state index contributed by atoms with van der Waals surface area (Å²) in [6.45, 7) is 0.685. The molecule has 0 atom stereocenters. The van der Waals surface area contributed by atoms with E-state index in [1.54, 1.807) is 11.3 Å². The van der Waals surface area contributed by atoms with Crippen LogP contribution in [-0.2, 0) is 6.54 Å². The van der Waals surface area contributed by atoms with Gasteiger partial charge in [-0.25, -0.2) is 0 Å². The van der Waals surface area contributed by atoms with Gasteiger partial charge < -0.3 is 5.32 Å². The van der Waals surface area contributed by atoms with E-state index < -0.39 is 0 Å². The normalized spacial score (nSPS) is 10.7. The molecule has 0 aliphatic carbocycles. The summed E-state index contributed by atoms with van der Waals surface area (Å²) in [5.41, 5.74) is 1.81. The molecule has 18 heavy (non-hydrogen) atoms. The zero-order chi connectivity index (χ0) is 12.4. The zero-order valence-corrected chi connectivity index (χ0v) is 10.9. The van der Waals surface area contributed by atoms with Gasteiger partial charge in [0.15, 0.2) is 11.0 Å². The Morgan fingerprint density at radius 2 is 2.00 bits per heavy atom. The fourth-order valence-corrected chi connectivity index (χ4v) is 2.44. The van der Waals surface area contributed by atoms with Crippen molar-refractivity contribution in [1.29, 1.82) is 0 Å². The molecule has 0 saturated heterocycles. The molecule has 0 saturated carbocycles. The number of aromatic nitrogens is 3. The van der Waals surface area contributed by atoms with Crippen LogP contribution in [0.3, 0.4) is 0 Å². The van der Waals surface area contributed by atoms with Crippen LogP contribution >= 0.6 is 22.9 Å². The summed E-state index contributed by atoms with van der Waals surface area (Å²) in [5.74, 6) is 0.739. The van der Waals surface area contributed by atoms with Gasteiger partial charge in [-0.1, -0.05) is 35.9 Å². The minimum Gasteiger partial charge on any atom is -0.363 e. The molecule has 0 unspecified atom stereocenters. The van der Waals surface area contributed by atoms with Gasteiger partial charge in [0.25, 0.3) is 0 Å². The Bertz CT molecular complexity index is 669. The summed E-state index contributed by atoms with van der Waals surface area (Å²) in [7, 11) is 0. The standard InChI is InChI=1S/C12H9ClN4S/c13-11-9-3-1-2-4-10(9)12(17-16-11)15-6-8-5-14-7-18-8/h1-5,7H,6H2,(H,15,17). The number of halogens is 1. The quantitative estimate of drug-likeness (QED) is 0.797. The first kappa shape index (κ1) is 11.4. The fourth-order valence-electron chi connectivity index (χ4n) is 1.70. The highest BCUT2D eigenvalue weighted by Crippen LogP contribution is 2.25. The van der Waals surface area contributed by atoms with Crippen LogP contribution in [0.1, 0.15) is 4.88 Å². The van der Waals surface area contributed by atoms with E-state index in [0.29, 0.717) is 11.7 Å². The second-order valence-corrected chi connectivity index (χ2v) is 5.04. The highest BCUT2D eigenvalue weighted by Gasteiger charge is 2.07. The van der Waals surface area contributed by atoms with Crippen LogP contribution in [0.4, 0.5) is 5.82 Å². The van der Waals surface area contributed by atoms with Crippen molar-refractivity contribution < 1.29 is 0 Å². The molecule has 0 aliphatic heterocycles. The average molecular weight is 277 g/mol. The van der Waals surface area contributed by atoms with E-state index in [9.17, 15) is 0 Å². The second-order valence-electron chi connectivity index (χ2n) is 3.71. The molecule has 0 fully saturated rings. The van der Waals surface area contributed by atoms with Gasteiger partial charge >= 0.3 is 0 Å². The van der Waals surface area contributed by atoms with Gasteiger partial charge in [0.05, 0.1) is 12.1 Å². The van der Waals surface area contributed by atoms with E-state index in [-0.39, 0.29) is 0 Å². The lowest BCUT2D eigenvalue weighted by atomic mass is 10.2. The van der Waals surface area contributed by atoms with Gasteiger partial charge in [0.1, 0.15) is 0 Å². The number of hydrogen-bond acceptors (Lipinski definition) is 5. The van der Waals surface area contributed by atoms with Gasteiger partial charge in [-0.3, -0.25) is 4.98 Å². The molecule has 1 N–H and O–H groups in total. The molecule has 0 radical (unpaired) electrons. The topological polar surface area (TPSA) is 50.7 Å². The third kappa shape index (κ3) is 2.14. The third-order valence-corrected chi connectivity index (χ3v) is 3.61. The van der Waals surface area contributed by atoms with Crippen LogP contribution in [-0.4, -0.2) is 15.2 Å². The van der Waals surface area contributed by atoms with E-state index in [1.807, 2.05) is 36.0 Å². The lowest BCUT2D eigenvalue weighted by Crippen LogP contribution is -2.02. The minimum atomic E-state index is 0.425. The van der Waals surface area contributed by atoms with Crippen molar-refractivity contribution in [1.82, 2.24) is 15.2 Å². The van der Waals surface area contributed by atoms with Gasteiger partial charge in [0, 0.05) is 21.8 Å². The lowest BCUT2D eigenvalue weighted by Gasteiger charge is -2.07. The molecule has 3 rings (SSSR count). The molecule has 90 valence electrons. The minimum absolute atomic E-state index is 0.425. The van der Waals surface area contributed by atoms with Crippen LogP contribution in [0.25, 0.3) is 10.8 Å². The molecule has 3 aromatic rings. The number of nitrogens with one attached hydrogen (secondary N) is 1. The maximum atomic E-state index is 6.02. The van der Waals surface area contributed by atoms with Crippen molar-refractivity contribution in [2.24, 2.45) is 0 Å². The Labute approximate surface area is 113 Å². The van der Waals surface area contributed by atoms with Gasteiger partial charge in [-0.15, -0.1) is 21.5 Å². The number of benzene rings is 1. The number of anilines is 1. The van der Waals surface area contributed by atoms with E-state index in [0.717, 1.165) is 21.5 Å². The predicted molar refractivity (Wildman–Crippen MR) is 74.0 cm³/mol. The van der Waals surface area contributed by atoms with E-state index in [2.05, 4.69) is 20.5 Å². The Hall–Kier alpha value is -1.72. The van der Waals surface area contributed by atoms with Gasteiger partial charge in [0.2, 0.25) is 0 Å². The number of rotatable bonds is 3. The Kier molecular flexibility index (Phi) is 3.08. The van der Waals surface area contributed by atoms with E-state index >= 15 is 0 Å². The van der Waals surface area contributed by atoms with Crippen molar-refractivity contribution in [2.75, 3.05) is 5.32 Å². The molecular weight excluding hydrogens is 268 g/mol. The molecule has 0 amide bonds. The first-order valence-corrected chi connectivity index (χ1v) is 6.62. The van der Waals surface area contributed by atoms with Gasteiger partial charge in [-0.2, -0.15) is 0 Å². The molecule has 1 aromatic carbocycles. The summed E-state index contributed by atoms with van der Waals surface area (Å²) >= 11 is 7.62. The van der Waals surface area contributed by atoms with Crippen LogP contribution in [0.5, 0.6) is 0 Å². The Morgan fingerprint density at radius 1 is 1.17 bits per heavy atom. The Balaban J connectivity index is 1.94. The Morgan fingerprint density at radius 3 is 2.78 bits per heavy atom. The summed E-state index contributed by atoms with van der Waals surface area (Å²) < 4.78 is 0. The number of nitrogens with zero attached hydrogens (tertiary/aromatic N) is 3. The number of hydrogen-bond donors (Lipinski definition) is 1. The fraction of sp³-hybridized carbons (Fsp3) is 0.0833. The molecule has 0 bridgehead atoms. The van der Waals surface area contributed by atoms with Crippen molar-refractivity contribution >= 4 is 39.5 Å². The van der Waals surface area contributed by atoms with Crippen molar-refractivity contribution in [2.45, 2.75) is 6.54 Å². The highest BCUT2D eigenvalue weighted by atomic mass is 35.5. The summed E-state index contributed by atoms with van der Waals surface area (Å²) in [4.78, 5) is 5.18. The van der Waals surface area contributed by atoms with E-state index in [4.69, 9.17) is 11.6 Å². The molecule has 2 heterocycles. The smallest absolute Gasteiger partial charge is 0.159 e. The molecule has 0 aliphatic rings. The highest BCUT2D eigenvalue weighted by molar-refractivity contribution is 7.09. The second kappa shape index (κ2) is 4.88. The first-order chi connectivity index (χ1) is 8.84. The molecule has 2 aromatic heterocycles. The van der Waals surface area contributed by atoms with Crippen LogP contribution in [0.15, 0.2) is 36.0 Å². The maximum Gasteiger partial charge on any atom is 0.159 e. The van der Waals surface area contributed by atoms with Crippen molar-refractivity contribution in [3.8, 4) is 0 Å².